The van der Waals surface area contributed by atoms with Gasteiger partial charge in [0.15, 0.2) is 0 Å². The predicted octanol–water partition coefficient (Wildman–Crippen LogP) is 3.25. The van der Waals surface area contributed by atoms with E-state index >= 15 is 0 Å². The van der Waals surface area contributed by atoms with Crippen molar-refractivity contribution in [1.29, 1.82) is 0 Å². The van der Waals surface area contributed by atoms with Gasteiger partial charge in [0, 0.05) is 36.4 Å². The van der Waals surface area contributed by atoms with Crippen LogP contribution in [0.5, 0.6) is 0 Å². The highest BCUT2D eigenvalue weighted by Gasteiger charge is 2.12. The minimum absolute atomic E-state index is 0.133. The van der Waals surface area contributed by atoms with Crippen molar-refractivity contribution in [2.45, 2.75) is 33.2 Å². The number of hydrogen-bond donors (Lipinski definition) is 1. The first kappa shape index (κ1) is 18.3. The van der Waals surface area contributed by atoms with Gasteiger partial charge in [0.2, 0.25) is 0 Å². The predicted molar refractivity (Wildman–Crippen MR) is 94.4 cm³/mol. The fraction of sp³-hybridized carbons (Fsp3) is 0.647. The molecule has 1 unspecified atom stereocenters. The second kappa shape index (κ2) is 8.62. The summed E-state index contributed by atoms with van der Waals surface area (Å²) < 4.78 is 0. The second-order valence-electron chi connectivity index (χ2n) is 6.60. The van der Waals surface area contributed by atoms with Crippen molar-refractivity contribution in [2.24, 2.45) is 11.7 Å². The molecule has 0 aromatic heterocycles. The third-order valence-electron chi connectivity index (χ3n) is 3.35. The van der Waals surface area contributed by atoms with E-state index in [1.54, 1.807) is 0 Å². The van der Waals surface area contributed by atoms with Crippen molar-refractivity contribution in [1.82, 2.24) is 4.90 Å². The van der Waals surface area contributed by atoms with E-state index in [1.165, 1.54) is 5.69 Å². The highest BCUT2D eigenvalue weighted by Crippen LogP contribution is 2.25. The highest BCUT2D eigenvalue weighted by molar-refractivity contribution is 6.31. The van der Waals surface area contributed by atoms with Gasteiger partial charge in [0.05, 0.1) is 0 Å². The topological polar surface area (TPSA) is 32.5 Å². The van der Waals surface area contributed by atoms with E-state index in [4.69, 9.17) is 17.3 Å². The summed E-state index contributed by atoms with van der Waals surface area (Å²) in [6, 6.07) is 6.50. The van der Waals surface area contributed by atoms with Crippen molar-refractivity contribution < 1.29 is 0 Å². The van der Waals surface area contributed by atoms with E-state index in [0.29, 0.717) is 5.92 Å². The maximum Gasteiger partial charge on any atom is 0.0459 e. The summed E-state index contributed by atoms with van der Waals surface area (Å²) in [5.74, 6) is 0.620. The molecule has 0 fully saturated rings. The van der Waals surface area contributed by atoms with Gasteiger partial charge in [-0.15, -0.1) is 0 Å². The quantitative estimate of drug-likeness (QED) is 0.800. The Kier molecular flexibility index (Phi) is 7.50. The molecular formula is C17H30ClN3. The third kappa shape index (κ3) is 6.68. The normalized spacial score (nSPS) is 13.0. The summed E-state index contributed by atoms with van der Waals surface area (Å²) in [6.07, 6.45) is 0.820. The lowest BCUT2D eigenvalue weighted by Gasteiger charge is -2.28. The van der Waals surface area contributed by atoms with Gasteiger partial charge in [-0.1, -0.05) is 31.5 Å². The number of anilines is 1. The zero-order valence-electron chi connectivity index (χ0n) is 14.1. The van der Waals surface area contributed by atoms with Gasteiger partial charge in [0.1, 0.15) is 0 Å². The van der Waals surface area contributed by atoms with Gasteiger partial charge < -0.3 is 15.5 Å². The fourth-order valence-electron chi connectivity index (χ4n) is 2.33. The minimum Gasteiger partial charge on any atom is -0.370 e. The molecule has 0 aliphatic carbocycles. The van der Waals surface area contributed by atoms with Crippen LogP contribution < -0.4 is 10.6 Å². The van der Waals surface area contributed by atoms with Crippen LogP contribution in [0.4, 0.5) is 5.69 Å². The SMILES string of the molecule is CC(C)CN(CCN(C)C)c1ccc(CC(C)N)c(Cl)c1. The van der Waals surface area contributed by atoms with Crippen LogP contribution in [0.25, 0.3) is 0 Å². The number of benzene rings is 1. The summed E-state index contributed by atoms with van der Waals surface area (Å²) >= 11 is 6.42. The molecule has 4 heteroatoms. The Morgan fingerprint density at radius 3 is 2.29 bits per heavy atom. The highest BCUT2D eigenvalue weighted by atomic mass is 35.5. The Morgan fingerprint density at radius 2 is 1.81 bits per heavy atom. The molecule has 0 saturated carbocycles. The molecule has 0 radical (unpaired) electrons. The summed E-state index contributed by atoms with van der Waals surface area (Å²) in [4.78, 5) is 4.62. The Bertz CT molecular complexity index is 430. The van der Waals surface area contributed by atoms with Gasteiger partial charge >= 0.3 is 0 Å². The average molecular weight is 312 g/mol. The first-order valence-electron chi connectivity index (χ1n) is 7.73. The maximum absolute atomic E-state index is 6.42. The van der Waals surface area contributed by atoms with Crippen molar-refractivity contribution in [3.05, 3.63) is 28.8 Å². The molecule has 3 nitrogen and oxygen atoms in total. The van der Waals surface area contributed by atoms with Crippen molar-refractivity contribution in [2.75, 3.05) is 38.6 Å². The molecule has 1 aromatic rings. The van der Waals surface area contributed by atoms with Crippen LogP contribution >= 0.6 is 11.6 Å². The maximum atomic E-state index is 6.42. The monoisotopic (exact) mass is 311 g/mol. The lowest BCUT2D eigenvalue weighted by atomic mass is 10.1. The second-order valence-corrected chi connectivity index (χ2v) is 7.01. The molecule has 1 aromatic carbocycles. The average Bonchev–Trinajstić information content (AvgIpc) is 2.36. The third-order valence-corrected chi connectivity index (χ3v) is 3.70. The van der Waals surface area contributed by atoms with Crippen molar-refractivity contribution >= 4 is 17.3 Å². The molecule has 1 rings (SSSR count). The Balaban J connectivity index is 2.88. The van der Waals surface area contributed by atoms with Gasteiger partial charge in [-0.2, -0.15) is 0 Å². The minimum atomic E-state index is 0.133. The van der Waals surface area contributed by atoms with E-state index in [1.807, 2.05) is 6.92 Å². The van der Waals surface area contributed by atoms with E-state index < -0.39 is 0 Å². The standard InChI is InChI=1S/C17H30ClN3/c1-13(2)12-21(9-8-20(4)5)16-7-6-15(10-14(3)19)17(18)11-16/h6-7,11,13-14H,8-10,12,19H2,1-5H3. The van der Waals surface area contributed by atoms with Crippen molar-refractivity contribution in [3.8, 4) is 0 Å². The molecule has 21 heavy (non-hydrogen) atoms. The smallest absolute Gasteiger partial charge is 0.0459 e. The summed E-state index contributed by atoms with van der Waals surface area (Å²) in [5, 5.41) is 0.823. The molecule has 0 spiro atoms. The number of likely N-dealkylation sites (N-methyl/N-ethyl adjacent to an activating group) is 1. The van der Waals surface area contributed by atoms with Crippen LogP contribution in [0.3, 0.4) is 0 Å². The van der Waals surface area contributed by atoms with Crippen LogP contribution in [0.15, 0.2) is 18.2 Å². The number of hydrogen-bond acceptors (Lipinski definition) is 3. The number of nitrogens with two attached hydrogens (primary N) is 1. The van der Waals surface area contributed by atoms with Crippen LogP contribution in [0, 0.1) is 5.92 Å². The van der Waals surface area contributed by atoms with E-state index in [2.05, 4.69) is 55.9 Å². The van der Waals surface area contributed by atoms with Gasteiger partial charge in [-0.05, 0) is 51.1 Å². The van der Waals surface area contributed by atoms with Gasteiger partial charge in [0.25, 0.3) is 0 Å². The first-order valence-corrected chi connectivity index (χ1v) is 8.11. The molecule has 2 N–H and O–H groups in total. The zero-order chi connectivity index (χ0) is 16.0. The largest absolute Gasteiger partial charge is 0.370 e. The Labute approximate surface area is 135 Å². The van der Waals surface area contributed by atoms with Crippen molar-refractivity contribution in [3.63, 3.8) is 0 Å². The van der Waals surface area contributed by atoms with Gasteiger partial charge in [-0.25, -0.2) is 0 Å². The molecule has 0 saturated heterocycles. The number of nitrogens with zero attached hydrogens (tertiary/aromatic N) is 2. The summed E-state index contributed by atoms with van der Waals surface area (Å²) in [5.41, 5.74) is 8.19. The Morgan fingerprint density at radius 1 is 1.14 bits per heavy atom. The van der Waals surface area contributed by atoms with E-state index in [-0.39, 0.29) is 6.04 Å². The molecule has 0 aliphatic heterocycles. The zero-order valence-corrected chi connectivity index (χ0v) is 14.8. The molecule has 120 valence electrons. The number of rotatable bonds is 8. The molecule has 0 aliphatic rings. The van der Waals surface area contributed by atoms with E-state index in [0.717, 1.165) is 36.6 Å². The molecule has 0 amide bonds. The Hall–Kier alpha value is -0.770. The van der Waals surface area contributed by atoms with Crippen LogP contribution in [0.1, 0.15) is 26.3 Å². The van der Waals surface area contributed by atoms with Crippen LogP contribution in [-0.4, -0.2) is 44.7 Å². The van der Waals surface area contributed by atoms with E-state index in [9.17, 15) is 0 Å². The van der Waals surface area contributed by atoms with Crippen LogP contribution in [-0.2, 0) is 6.42 Å². The lowest BCUT2D eigenvalue weighted by molar-refractivity contribution is 0.409. The molecular weight excluding hydrogens is 282 g/mol. The molecule has 1 atom stereocenters. The molecule has 0 heterocycles. The van der Waals surface area contributed by atoms with Crippen LogP contribution in [0.2, 0.25) is 5.02 Å². The first-order chi connectivity index (χ1) is 9.79. The fourth-order valence-corrected chi connectivity index (χ4v) is 2.58. The van der Waals surface area contributed by atoms with Gasteiger partial charge in [-0.3, -0.25) is 0 Å². The summed E-state index contributed by atoms with van der Waals surface area (Å²) in [6.45, 7) is 9.58. The lowest BCUT2D eigenvalue weighted by Crippen LogP contribution is -2.34. The summed E-state index contributed by atoms with van der Waals surface area (Å²) in [7, 11) is 4.21. The molecule has 0 bridgehead atoms. The number of halogens is 1.